The van der Waals surface area contributed by atoms with Crippen molar-refractivity contribution < 1.29 is 0 Å². The van der Waals surface area contributed by atoms with Crippen molar-refractivity contribution in [2.24, 2.45) is 17.6 Å². The van der Waals surface area contributed by atoms with Gasteiger partial charge in [-0.05, 0) is 67.2 Å². The molecule has 132 valence electrons. The molecule has 0 aromatic heterocycles. The van der Waals surface area contributed by atoms with Gasteiger partial charge in [0, 0.05) is 19.1 Å². The van der Waals surface area contributed by atoms with E-state index in [4.69, 9.17) is 5.73 Å². The number of rotatable bonds is 6. The van der Waals surface area contributed by atoms with Crippen molar-refractivity contribution in [3.63, 3.8) is 0 Å². The van der Waals surface area contributed by atoms with Crippen LogP contribution in [0.5, 0.6) is 0 Å². The minimum absolute atomic E-state index is 0.708. The first kappa shape index (κ1) is 16.8. The van der Waals surface area contributed by atoms with Crippen LogP contribution in [0.2, 0.25) is 0 Å². The van der Waals surface area contributed by atoms with Gasteiger partial charge in [-0.25, -0.2) is 0 Å². The molecule has 4 rings (SSSR count). The SMILES string of the molecule is NCCCN(Cc1ccccc1)C1C2CCC1Cc1ccccc1C2. The number of nitrogens with zero attached hydrogens (tertiary/aromatic N) is 1. The third kappa shape index (κ3) is 3.65. The van der Waals surface area contributed by atoms with Gasteiger partial charge in [-0.1, -0.05) is 54.6 Å². The summed E-state index contributed by atoms with van der Waals surface area (Å²) < 4.78 is 0. The maximum absolute atomic E-state index is 5.86. The summed E-state index contributed by atoms with van der Waals surface area (Å²) >= 11 is 0. The Morgan fingerprint density at radius 3 is 2.04 bits per heavy atom. The fourth-order valence-corrected chi connectivity index (χ4v) is 5.16. The highest BCUT2D eigenvalue weighted by Gasteiger charge is 2.41. The largest absolute Gasteiger partial charge is 0.330 e. The van der Waals surface area contributed by atoms with Gasteiger partial charge in [0.1, 0.15) is 0 Å². The standard InChI is InChI=1S/C23H30N2/c24-13-6-14-25(17-18-7-2-1-3-8-18)23-21-11-12-22(23)16-20-10-5-4-9-19(20)15-21/h1-5,7-10,21-23H,6,11-17,24H2. The Morgan fingerprint density at radius 2 is 1.44 bits per heavy atom. The molecule has 0 aliphatic heterocycles. The first-order chi connectivity index (χ1) is 12.3. The lowest BCUT2D eigenvalue weighted by Crippen LogP contribution is -2.43. The summed E-state index contributed by atoms with van der Waals surface area (Å²) in [5.74, 6) is 1.60. The van der Waals surface area contributed by atoms with E-state index in [1.165, 1.54) is 31.2 Å². The molecule has 2 bridgehead atoms. The number of benzene rings is 2. The lowest BCUT2D eigenvalue weighted by atomic mass is 9.93. The Balaban J connectivity index is 1.58. The molecule has 0 heterocycles. The van der Waals surface area contributed by atoms with Gasteiger partial charge >= 0.3 is 0 Å². The van der Waals surface area contributed by atoms with Gasteiger partial charge in [0.15, 0.2) is 0 Å². The average Bonchev–Trinajstić information content (AvgIpc) is 2.94. The lowest BCUT2D eigenvalue weighted by molar-refractivity contribution is 0.119. The van der Waals surface area contributed by atoms with Gasteiger partial charge in [-0.2, -0.15) is 0 Å². The first-order valence-corrected chi connectivity index (χ1v) is 9.90. The molecule has 2 aromatic rings. The van der Waals surface area contributed by atoms with E-state index >= 15 is 0 Å². The van der Waals surface area contributed by atoms with E-state index in [1.807, 2.05) is 0 Å². The van der Waals surface area contributed by atoms with Gasteiger partial charge in [0.05, 0.1) is 0 Å². The van der Waals surface area contributed by atoms with Crippen LogP contribution in [0.4, 0.5) is 0 Å². The molecule has 2 N–H and O–H groups in total. The smallest absolute Gasteiger partial charge is 0.0236 e. The maximum Gasteiger partial charge on any atom is 0.0236 e. The highest BCUT2D eigenvalue weighted by molar-refractivity contribution is 5.31. The van der Waals surface area contributed by atoms with E-state index in [0.717, 1.165) is 37.9 Å². The molecule has 2 unspecified atom stereocenters. The van der Waals surface area contributed by atoms with Crippen LogP contribution in [0.1, 0.15) is 36.0 Å². The van der Waals surface area contributed by atoms with Crippen molar-refractivity contribution in [3.05, 3.63) is 71.3 Å². The first-order valence-electron chi connectivity index (χ1n) is 9.90. The molecule has 2 aromatic carbocycles. The summed E-state index contributed by atoms with van der Waals surface area (Å²) in [5, 5.41) is 0. The molecular formula is C23H30N2. The molecule has 2 aliphatic carbocycles. The van der Waals surface area contributed by atoms with Gasteiger partial charge in [-0.3, -0.25) is 4.90 Å². The molecule has 0 radical (unpaired) electrons. The third-order valence-corrected chi connectivity index (χ3v) is 6.26. The molecule has 1 saturated carbocycles. The molecule has 2 heteroatoms. The normalized spacial score (nSPS) is 25.0. The van der Waals surface area contributed by atoms with Crippen molar-refractivity contribution in [3.8, 4) is 0 Å². The van der Waals surface area contributed by atoms with Crippen LogP contribution in [0.15, 0.2) is 54.6 Å². The zero-order chi connectivity index (χ0) is 17.1. The fourth-order valence-electron chi connectivity index (χ4n) is 5.16. The molecule has 0 spiro atoms. The van der Waals surface area contributed by atoms with Crippen molar-refractivity contribution in [1.29, 1.82) is 0 Å². The second-order valence-electron chi connectivity index (χ2n) is 7.86. The van der Waals surface area contributed by atoms with Crippen LogP contribution in [0.25, 0.3) is 0 Å². The summed E-state index contributed by atoms with van der Waals surface area (Å²) in [4.78, 5) is 2.76. The second kappa shape index (κ2) is 7.72. The van der Waals surface area contributed by atoms with Crippen molar-refractivity contribution >= 4 is 0 Å². The Hall–Kier alpha value is -1.64. The van der Waals surface area contributed by atoms with E-state index in [9.17, 15) is 0 Å². The van der Waals surface area contributed by atoms with E-state index in [-0.39, 0.29) is 0 Å². The Morgan fingerprint density at radius 1 is 0.840 bits per heavy atom. The lowest BCUT2D eigenvalue weighted by Gasteiger charge is -2.36. The highest BCUT2D eigenvalue weighted by Crippen LogP contribution is 2.43. The fraction of sp³-hybridized carbons (Fsp3) is 0.478. The average molecular weight is 335 g/mol. The minimum Gasteiger partial charge on any atom is -0.330 e. The quantitative estimate of drug-likeness (QED) is 0.864. The van der Waals surface area contributed by atoms with E-state index in [1.54, 1.807) is 11.1 Å². The number of hydrogen-bond acceptors (Lipinski definition) is 2. The summed E-state index contributed by atoms with van der Waals surface area (Å²) in [6, 6.07) is 20.8. The zero-order valence-corrected chi connectivity index (χ0v) is 15.1. The van der Waals surface area contributed by atoms with Gasteiger partial charge in [0.2, 0.25) is 0 Å². The molecule has 0 saturated heterocycles. The van der Waals surface area contributed by atoms with Gasteiger partial charge in [-0.15, -0.1) is 0 Å². The molecule has 2 nitrogen and oxygen atoms in total. The van der Waals surface area contributed by atoms with Crippen molar-refractivity contribution in [2.45, 2.75) is 44.7 Å². The van der Waals surface area contributed by atoms with Crippen molar-refractivity contribution in [2.75, 3.05) is 13.1 Å². The summed E-state index contributed by atoms with van der Waals surface area (Å²) in [6.45, 7) is 2.97. The third-order valence-electron chi connectivity index (χ3n) is 6.26. The van der Waals surface area contributed by atoms with E-state index in [2.05, 4.69) is 59.5 Å². The van der Waals surface area contributed by atoms with E-state index in [0.29, 0.717) is 6.04 Å². The van der Waals surface area contributed by atoms with Crippen LogP contribution in [0, 0.1) is 11.8 Å². The Labute approximate surface area is 152 Å². The topological polar surface area (TPSA) is 29.3 Å². The van der Waals surface area contributed by atoms with Crippen LogP contribution >= 0.6 is 0 Å². The zero-order valence-electron chi connectivity index (χ0n) is 15.1. The predicted molar refractivity (Wildman–Crippen MR) is 104 cm³/mol. The minimum atomic E-state index is 0.708. The second-order valence-corrected chi connectivity index (χ2v) is 7.86. The van der Waals surface area contributed by atoms with Crippen LogP contribution in [-0.2, 0) is 19.4 Å². The predicted octanol–water partition coefficient (Wildman–Crippen LogP) is 4.03. The molecule has 25 heavy (non-hydrogen) atoms. The maximum atomic E-state index is 5.86. The van der Waals surface area contributed by atoms with Gasteiger partial charge < -0.3 is 5.73 Å². The monoisotopic (exact) mass is 334 g/mol. The van der Waals surface area contributed by atoms with E-state index < -0.39 is 0 Å². The molecule has 1 fully saturated rings. The summed E-state index contributed by atoms with van der Waals surface area (Å²) in [6.07, 6.45) is 6.38. The molecule has 2 atom stereocenters. The van der Waals surface area contributed by atoms with Gasteiger partial charge in [0.25, 0.3) is 0 Å². The Kier molecular flexibility index (Phi) is 5.19. The number of hydrogen-bond donors (Lipinski definition) is 1. The molecule has 0 amide bonds. The molecular weight excluding hydrogens is 304 g/mol. The summed E-state index contributed by atoms with van der Waals surface area (Å²) in [5.41, 5.74) is 10.5. The molecule has 2 aliphatic rings. The number of nitrogens with two attached hydrogens (primary N) is 1. The Bertz CT molecular complexity index is 649. The van der Waals surface area contributed by atoms with Crippen LogP contribution in [-0.4, -0.2) is 24.0 Å². The highest BCUT2D eigenvalue weighted by atomic mass is 15.2. The van der Waals surface area contributed by atoms with Crippen LogP contribution < -0.4 is 5.73 Å². The summed E-state index contributed by atoms with van der Waals surface area (Å²) in [7, 11) is 0. The number of fused-ring (bicyclic) bond motifs is 3. The van der Waals surface area contributed by atoms with Crippen molar-refractivity contribution in [1.82, 2.24) is 4.90 Å². The van der Waals surface area contributed by atoms with Crippen LogP contribution in [0.3, 0.4) is 0 Å².